The van der Waals surface area contributed by atoms with Crippen LogP contribution < -0.4 is 0 Å². The fourth-order valence-electron chi connectivity index (χ4n) is 2.26. The number of ether oxygens (including phenoxy) is 1. The Hall–Kier alpha value is -2.53. The summed E-state index contributed by atoms with van der Waals surface area (Å²) in [6.07, 6.45) is 2.21. The maximum Gasteiger partial charge on any atom is 0.355 e. The number of fused-ring (bicyclic) bond motifs is 1. The lowest BCUT2D eigenvalue weighted by Crippen LogP contribution is -2.24. The van der Waals surface area contributed by atoms with Crippen LogP contribution in [0.3, 0.4) is 0 Å². The van der Waals surface area contributed by atoms with Gasteiger partial charge in [0.15, 0.2) is 6.10 Å². The number of H-pyrrole nitrogens is 2. The van der Waals surface area contributed by atoms with Crippen molar-refractivity contribution in [1.82, 2.24) is 9.97 Å². The van der Waals surface area contributed by atoms with Crippen LogP contribution in [0.25, 0.3) is 10.9 Å². The molecule has 22 heavy (non-hydrogen) atoms. The van der Waals surface area contributed by atoms with Gasteiger partial charge in [0.05, 0.1) is 5.02 Å². The van der Waals surface area contributed by atoms with Crippen molar-refractivity contribution < 1.29 is 14.3 Å². The molecule has 0 amide bonds. The summed E-state index contributed by atoms with van der Waals surface area (Å²) in [6.45, 7) is 1.55. The Morgan fingerprint density at radius 1 is 1.18 bits per heavy atom. The van der Waals surface area contributed by atoms with Crippen LogP contribution in [0.2, 0.25) is 5.02 Å². The Kier molecular flexibility index (Phi) is 3.73. The predicted molar refractivity (Wildman–Crippen MR) is 83.3 cm³/mol. The van der Waals surface area contributed by atoms with E-state index in [4.69, 9.17) is 16.3 Å². The number of benzene rings is 1. The van der Waals surface area contributed by atoms with Crippen LogP contribution in [0.1, 0.15) is 27.8 Å². The van der Waals surface area contributed by atoms with E-state index in [2.05, 4.69) is 9.97 Å². The highest BCUT2D eigenvalue weighted by molar-refractivity contribution is 6.30. The van der Waals surface area contributed by atoms with Crippen molar-refractivity contribution in [2.45, 2.75) is 13.0 Å². The van der Waals surface area contributed by atoms with E-state index in [1.165, 1.54) is 12.3 Å². The van der Waals surface area contributed by atoms with Gasteiger partial charge < -0.3 is 14.7 Å². The van der Waals surface area contributed by atoms with Gasteiger partial charge in [0, 0.05) is 28.9 Å². The van der Waals surface area contributed by atoms with Crippen LogP contribution in [-0.2, 0) is 4.74 Å². The number of nitrogens with one attached hydrogen (secondary N) is 2. The molecule has 112 valence electrons. The zero-order chi connectivity index (χ0) is 15.7. The number of carbonyl (C=O) groups excluding carboxylic acids is 2. The molecule has 0 aliphatic rings. The molecule has 3 rings (SSSR count). The van der Waals surface area contributed by atoms with Crippen LogP contribution in [0.15, 0.2) is 42.7 Å². The Morgan fingerprint density at radius 2 is 1.95 bits per heavy atom. The number of ketones is 1. The lowest BCUT2D eigenvalue weighted by molar-refractivity contribution is 0.0314. The second-order valence-electron chi connectivity index (χ2n) is 4.89. The summed E-state index contributed by atoms with van der Waals surface area (Å²) in [5.41, 5.74) is 1.57. The van der Waals surface area contributed by atoms with Crippen LogP contribution in [0, 0.1) is 0 Å². The molecule has 0 aliphatic heterocycles. The second-order valence-corrected chi connectivity index (χ2v) is 5.33. The average Bonchev–Trinajstić information content (AvgIpc) is 3.12. The Bertz CT molecular complexity index is 850. The second kappa shape index (κ2) is 5.69. The number of para-hydroxylation sites is 1. The number of carbonyl (C=O) groups is 2. The van der Waals surface area contributed by atoms with Gasteiger partial charge in [-0.3, -0.25) is 4.79 Å². The maximum atomic E-state index is 12.5. The van der Waals surface area contributed by atoms with Crippen molar-refractivity contribution in [1.29, 1.82) is 0 Å². The first-order valence-corrected chi connectivity index (χ1v) is 7.09. The van der Waals surface area contributed by atoms with Crippen molar-refractivity contribution in [3.63, 3.8) is 0 Å². The molecule has 0 spiro atoms. The Labute approximate surface area is 131 Å². The van der Waals surface area contributed by atoms with E-state index in [0.717, 1.165) is 10.9 Å². The van der Waals surface area contributed by atoms with Crippen LogP contribution >= 0.6 is 11.6 Å². The average molecular weight is 317 g/mol. The number of esters is 1. The number of aromatic nitrogens is 2. The lowest BCUT2D eigenvalue weighted by atomic mass is 10.1. The summed E-state index contributed by atoms with van der Waals surface area (Å²) in [5, 5.41) is 1.21. The van der Waals surface area contributed by atoms with Gasteiger partial charge in [-0.15, -0.1) is 0 Å². The molecule has 2 N–H and O–H groups in total. The number of hydrogen-bond donors (Lipinski definition) is 2. The molecule has 0 radical (unpaired) electrons. The van der Waals surface area contributed by atoms with Gasteiger partial charge in [0.25, 0.3) is 0 Å². The normalized spacial score (nSPS) is 12.3. The molecule has 2 aromatic heterocycles. The summed E-state index contributed by atoms with van der Waals surface area (Å²) in [5.74, 6) is -0.879. The highest BCUT2D eigenvalue weighted by Gasteiger charge is 2.23. The van der Waals surface area contributed by atoms with Gasteiger partial charge in [-0.1, -0.05) is 29.8 Å². The first-order valence-electron chi connectivity index (χ1n) is 6.71. The minimum absolute atomic E-state index is 0.212. The number of halogens is 1. The van der Waals surface area contributed by atoms with E-state index in [1.54, 1.807) is 13.1 Å². The van der Waals surface area contributed by atoms with Crippen LogP contribution in [-0.4, -0.2) is 27.8 Å². The molecule has 0 saturated heterocycles. The maximum absolute atomic E-state index is 12.5. The molecule has 6 heteroatoms. The highest BCUT2D eigenvalue weighted by atomic mass is 35.5. The Morgan fingerprint density at radius 3 is 2.68 bits per heavy atom. The van der Waals surface area contributed by atoms with Crippen molar-refractivity contribution >= 4 is 34.3 Å². The zero-order valence-electron chi connectivity index (χ0n) is 11.7. The SMILES string of the molecule is C[C@H](OC(=O)c1cc(Cl)c[nH]1)C(=O)c1c[nH]c2ccccc12. The minimum Gasteiger partial charge on any atom is -0.450 e. The topological polar surface area (TPSA) is 75.0 Å². The van der Waals surface area contributed by atoms with Gasteiger partial charge in [-0.25, -0.2) is 4.79 Å². The fraction of sp³-hybridized carbons (Fsp3) is 0.125. The zero-order valence-corrected chi connectivity index (χ0v) is 12.5. The summed E-state index contributed by atoms with van der Waals surface area (Å²) < 4.78 is 5.19. The van der Waals surface area contributed by atoms with Gasteiger partial charge in [0.1, 0.15) is 5.69 Å². The van der Waals surface area contributed by atoms with Crippen molar-refractivity contribution in [3.05, 3.63) is 59.0 Å². The van der Waals surface area contributed by atoms with Crippen molar-refractivity contribution in [2.24, 2.45) is 0 Å². The van der Waals surface area contributed by atoms with Gasteiger partial charge in [-0.2, -0.15) is 0 Å². The molecule has 0 saturated carbocycles. The van der Waals surface area contributed by atoms with Crippen LogP contribution in [0.5, 0.6) is 0 Å². The lowest BCUT2D eigenvalue weighted by Gasteiger charge is -2.11. The standard InChI is InChI=1S/C16H13ClN2O3/c1-9(22-16(21)14-6-10(17)7-18-14)15(20)12-8-19-13-5-3-2-4-11(12)13/h2-9,18-19H,1H3/t9-/m0/s1. The van der Waals surface area contributed by atoms with E-state index >= 15 is 0 Å². The fourth-order valence-corrected chi connectivity index (χ4v) is 2.42. The molecule has 0 unspecified atom stereocenters. The summed E-state index contributed by atoms with van der Waals surface area (Å²) in [6, 6.07) is 8.91. The quantitative estimate of drug-likeness (QED) is 0.570. The van der Waals surface area contributed by atoms with E-state index < -0.39 is 12.1 Å². The summed E-state index contributed by atoms with van der Waals surface area (Å²) in [7, 11) is 0. The molecule has 0 fully saturated rings. The molecule has 0 bridgehead atoms. The third kappa shape index (κ3) is 2.63. The molecule has 5 nitrogen and oxygen atoms in total. The predicted octanol–water partition coefficient (Wildman–Crippen LogP) is 3.58. The van der Waals surface area contributed by atoms with Crippen molar-refractivity contribution in [3.8, 4) is 0 Å². The molecular weight excluding hydrogens is 304 g/mol. The van der Waals surface area contributed by atoms with E-state index in [9.17, 15) is 9.59 Å². The molecule has 2 heterocycles. The monoisotopic (exact) mass is 316 g/mol. The van der Waals surface area contributed by atoms with E-state index in [0.29, 0.717) is 10.6 Å². The smallest absolute Gasteiger partial charge is 0.355 e. The van der Waals surface area contributed by atoms with E-state index in [1.807, 2.05) is 24.3 Å². The van der Waals surface area contributed by atoms with E-state index in [-0.39, 0.29) is 11.5 Å². The number of aromatic amines is 2. The first kappa shape index (κ1) is 14.4. The van der Waals surface area contributed by atoms with Gasteiger partial charge in [-0.05, 0) is 19.1 Å². The summed E-state index contributed by atoms with van der Waals surface area (Å²) in [4.78, 5) is 30.1. The third-order valence-electron chi connectivity index (χ3n) is 3.38. The summed E-state index contributed by atoms with van der Waals surface area (Å²) >= 11 is 5.74. The Balaban J connectivity index is 1.78. The minimum atomic E-state index is -0.895. The number of Topliss-reactive ketones (excluding diaryl/α,β-unsaturated/α-hetero) is 1. The first-order chi connectivity index (χ1) is 10.6. The highest BCUT2D eigenvalue weighted by Crippen LogP contribution is 2.20. The molecule has 0 aliphatic carbocycles. The molecular formula is C16H13ClN2O3. The molecule has 1 aromatic carbocycles. The van der Waals surface area contributed by atoms with Crippen LogP contribution in [0.4, 0.5) is 0 Å². The van der Waals surface area contributed by atoms with Gasteiger partial charge in [0.2, 0.25) is 5.78 Å². The van der Waals surface area contributed by atoms with Crippen molar-refractivity contribution in [2.75, 3.05) is 0 Å². The molecule has 3 aromatic rings. The van der Waals surface area contributed by atoms with Gasteiger partial charge >= 0.3 is 5.97 Å². The third-order valence-corrected chi connectivity index (χ3v) is 3.59. The number of rotatable bonds is 4. The number of hydrogen-bond acceptors (Lipinski definition) is 3. The molecule has 1 atom stereocenters. The largest absolute Gasteiger partial charge is 0.450 e.